The lowest BCUT2D eigenvalue weighted by Gasteiger charge is -2.36. The molecule has 0 aromatic heterocycles. The predicted molar refractivity (Wildman–Crippen MR) is 88.0 cm³/mol. The van der Waals surface area contributed by atoms with E-state index in [0.29, 0.717) is 12.1 Å². The van der Waals surface area contributed by atoms with Crippen LogP contribution in [0.15, 0.2) is 35.3 Å². The second-order valence-corrected chi connectivity index (χ2v) is 6.79. The third-order valence-corrected chi connectivity index (χ3v) is 5.05. The van der Waals surface area contributed by atoms with Crippen molar-refractivity contribution in [1.29, 1.82) is 0 Å². The molecule has 110 valence electrons. The van der Waals surface area contributed by atoms with Crippen LogP contribution in [-0.4, -0.2) is 49.4 Å². The molecule has 0 spiro atoms. The molecule has 0 aliphatic carbocycles. The molecule has 3 nitrogen and oxygen atoms in total. The minimum absolute atomic E-state index is 0.436. The highest BCUT2D eigenvalue weighted by atomic mass is 35.5. The summed E-state index contributed by atoms with van der Waals surface area (Å²) in [5.41, 5.74) is 2.42. The Bertz CT molecular complexity index is 566. The lowest BCUT2D eigenvalue weighted by Crippen LogP contribution is -2.47. The van der Waals surface area contributed by atoms with Gasteiger partial charge in [0.25, 0.3) is 0 Å². The maximum atomic E-state index is 5.97. The van der Waals surface area contributed by atoms with Crippen LogP contribution in [0.3, 0.4) is 0 Å². The normalized spacial score (nSPS) is 32.2. The summed E-state index contributed by atoms with van der Waals surface area (Å²) in [6, 6.07) is 9.15. The first-order chi connectivity index (χ1) is 10.3. The molecule has 1 aromatic rings. The molecule has 3 aliphatic heterocycles. The Kier molecular flexibility index (Phi) is 3.57. The number of dihydropyridines is 1. The molecule has 2 saturated heterocycles. The number of likely N-dealkylation sites (tertiary alicyclic amines) is 1. The Balaban J connectivity index is 1.54. The minimum atomic E-state index is 0.436. The van der Waals surface area contributed by atoms with Gasteiger partial charge in [0.05, 0.1) is 6.54 Å². The summed E-state index contributed by atoms with van der Waals surface area (Å²) in [5.74, 6) is 0.821. The average molecular weight is 302 g/mol. The van der Waals surface area contributed by atoms with E-state index in [4.69, 9.17) is 11.6 Å². The summed E-state index contributed by atoms with van der Waals surface area (Å²) in [6.45, 7) is 4.43. The molecule has 0 amide bonds. The molecule has 21 heavy (non-hydrogen) atoms. The molecule has 4 rings (SSSR count). The van der Waals surface area contributed by atoms with Crippen molar-refractivity contribution < 1.29 is 0 Å². The summed E-state index contributed by atoms with van der Waals surface area (Å²) in [5, 5.41) is 4.40. The Morgan fingerprint density at radius 1 is 1.19 bits per heavy atom. The van der Waals surface area contributed by atoms with E-state index in [1.807, 2.05) is 18.3 Å². The molecule has 2 bridgehead atoms. The molecule has 1 aromatic carbocycles. The van der Waals surface area contributed by atoms with Crippen molar-refractivity contribution in [1.82, 2.24) is 10.2 Å². The summed E-state index contributed by atoms with van der Waals surface area (Å²) >= 11 is 5.97. The number of nitrogens with one attached hydrogen (secondary N) is 1. The van der Waals surface area contributed by atoms with Crippen LogP contribution in [0.25, 0.3) is 5.57 Å². The van der Waals surface area contributed by atoms with Crippen molar-refractivity contribution >= 4 is 23.4 Å². The first-order valence-corrected chi connectivity index (χ1v) is 8.11. The van der Waals surface area contributed by atoms with Crippen LogP contribution in [-0.2, 0) is 0 Å². The van der Waals surface area contributed by atoms with Gasteiger partial charge in [0.2, 0.25) is 0 Å². The Morgan fingerprint density at radius 3 is 2.86 bits per heavy atom. The summed E-state index contributed by atoms with van der Waals surface area (Å²) in [7, 11) is 0. The van der Waals surface area contributed by atoms with Gasteiger partial charge >= 0.3 is 0 Å². The van der Waals surface area contributed by atoms with Gasteiger partial charge in [0.1, 0.15) is 0 Å². The van der Waals surface area contributed by atoms with Crippen molar-refractivity contribution in [2.75, 3.05) is 26.2 Å². The molecule has 3 atom stereocenters. The van der Waals surface area contributed by atoms with Crippen molar-refractivity contribution in [3.8, 4) is 0 Å². The van der Waals surface area contributed by atoms with E-state index in [-0.39, 0.29) is 0 Å². The zero-order valence-corrected chi connectivity index (χ0v) is 12.8. The van der Waals surface area contributed by atoms with Crippen molar-refractivity contribution in [2.24, 2.45) is 10.9 Å². The van der Waals surface area contributed by atoms with E-state index >= 15 is 0 Å². The van der Waals surface area contributed by atoms with Crippen LogP contribution in [0.1, 0.15) is 12.0 Å². The fourth-order valence-corrected chi connectivity index (χ4v) is 3.86. The lowest BCUT2D eigenvalue weighted by molar-refractivity contribution is 0.163. The van der Waals surface area contributed by atoms with Gasteiger partial charge in [-0.25, -0.2) is 0 Å². The van der Waals surface area contributed by atoms with Gasteiger partial charge in [-0.15, -0.1) is 0 Å². The second-order valence-electron chi connectivity index (χ2n) is 6.35. The van der Waals surface area contributed by atoms with E-state index in [9.17, 15) is 0 Å². The van der Waals surface area contributed by atoms with Crippen LogP contribution < -0.4 is 5.32 Å². The summed E-state index contributed by atoms with van der Waals surface area (Å²) < 4.78 is 0. The standard InChI is InChI=1S/C17H20ClN3/c18-15-3-1-13(2-4-15)14-6-17(9-19-8-14)21-10-12-5-16(11-21)20-7-12/h1-4,6,8,12,16-17,20H,5,7,9-11H2. The van der Waals surface area contributed by atoms with Crippen LogP contribution >= 0.6 is 11.6 Å². The largest absolute Gasteiger partial charge is 0.312 e. The number of rotatable bonds is 2. The van der Waals surface area contributed by atoms with Crippen molar-refractivity contribution in [2.45, 2.75) is 18.5 Å². The Labute approximate surface area is 130 Å². The first-order valence-electron chi connectivity index (χ1n) is 7.73. The maximum absolute atomic E-state index is 5.97. The van der Waals surface area contributed by atoms with E-state index in [2.05, 4.69) is 33.4 Å². The molecule has 3 unspecified atom stereocenters. The number of halogens is 1. The number of aliphatic imine (C=N–C) groups is 1. The smallest absolute Gasteiger partial charge is 0.0581 e. The van der Waals surface area contributed by atoms with Crippen LogP contribution in [0.5, 0.6) is 0 Å². The summed E-state index contributed by atoms with van der Waals surface area (Å²) in [6.07, 6.45) is 5.72. The predicted octanol–water partition coefficient (Wildman–Crippen LogP) is 2.47. The first kappa shape index (κ1) is 13.5. The third-order valence-electron chi connectivity index (χ3n) is 4.80. The maximum Gasteiger partial charge on any atom is 0.0581 e. The Hall–Kier alpha value is -1.16. The zero-order valence-electron chi connectivity index (χ0n) is 12.0. The van der Waals surface area contributed by atoms with E-state index in [0.717, 1.165) is 24.0 Å². The average Bonchev–Trinajstić information content (AvgIpc) is 2.86. The van der Waals surface area contributed by atoms with Gasteiger partial charge in [-0.3, -0.25) is 9.89 Å². The number of allylic oxidation sites excluding steroid dienone is 1. The van der Waals surface area contributed by atoms with E-state index in [1.165, 1.54) is 30.6 Å². The number of benzene rings is 1. The molecule has 0 radical (unpaired) electrons. The fourth-order valence-electron chi connectivity index (χ4n) is 3.74. The molecule has 3 heterocycles. The zero-order chi connectivity index (χ0) is 14.2. The molecule has 4 heteroatoms. The molecular weight excluding hydrogens is 282 g/mol. The monoisotopic (exact) mass is 301 g/mol. The van der Waals surface area contributed by atoms with Crippen LogP contribution in [0.4, 0.5) is 0 Å². The molecular formula is C17H20ClN3. The number of fused-ring (bicyclic) bond motifs is 2. The quantitative estimate of drug-likeness (QED) is 0.909. The SMILES string of the molecule is Clc1ccc(C2=CC(N3CC4CNC(C4)C3)CN=C2)cc1. The van der Waals surface area contributed by atoms with Crippen molar-refractivity contribution in [3.05, 3.63) is 40.9 Å². The van der Waals surface area contributed by atoms with Gasteiger partial charge in [-0.1, -0.05) is 29.8 Å². The highest BCUT2D eigenvalue weighted by Gasteiger charge is 2.35. The van der Waals surface area contributed by atoms with E-state index in [1.54, 1.807) is 0 Å². The molecule has 0 saturated carbocycles. The van der Waals surface area contributed by atoms with Crippen LogP contribution in [0, 0.1) is 5.92 Å². The number of hydrogen-bond donors (Lipinski definition) is 1. The number of piperidine rings is 1. The molecule has 2 fully saturated rings. The van der Waals surface area contributed by atoms with Gasteiger partial charge in [0.15, 0.2) is 0 Å². The molecule has 3 aliphatic rings. The van der Waals surface area contributed by atoms with Crippen molar-refractivity contribution in [3.63, 3.8) is 0 Å². The number of nitrogens with zero attached hydrogens (tertiary/aromatic N) is 2. The topological polar surface area (TPSA) is 27.6 Å². The van der Waals surface area contributed by atoms with E-state index < -0.39 is 0 Å². The highest BCUT2D eigenvalue weighted by Crippen LogP contribution is 2.27. The van der Waals surface area contributed by atoms with Gasteiger partial charge in [-0.05, 0) is 42.2 Å². The highest BCUT2D eigenvalue weighted by molar-refractivity contribution is 6.30. The summed E-state index contributed by atoms with van der Waals surface area (Å²) in [4.78, 5) is 7.20. The fraction of sp³-hybridized carbons (Fsp3) is 0.471. The third kappa shape index (κ3) is 2.78. The number of hydrogen-bond acceptors (Lipinski definition) is 3. The van der Waals surface area contributed by atoms with Gasteiger partial charge in [0, 0.05) is 36.4 Å². The van der Waals surface area contributed by atoms with Gasteiger partial charge in [-0.2, -0.15) is 0 Å². The lowest BCUT2D eigenvalue weighted by atomic mass is 9.96. The molecule has 1 N–H and O–H groups in total. The minimum Gasteiger partial charge on any atom is -0.312 e. The van der Waals surface area contributed by atoms with Gasteiger partial charge < -0.3 is 5.32 Å². The second kappa shape index (κ2) is 5.56. The van der Waals surface area contributed by atoms with Crippen LogP contribution in [0.2, 0.25) is 5.02 Å². The Morgan fingerprint density at radius 2 is 2.05 bits per heavy atom.